The van der Waals surface area contributed by atoms with Gasteiger partial charge in [-0.3, -0.25) is 4.79 Å². The maximum Gasteiger partial charge on any atom is 0.338 e. The average Bonchev–Trinajstić information content (AvgIpc) is 2.86. The number of aryl methyl sites for hydroxylation is 2. The van der Waals surface area contributed by atoms with Crippen molar-refractivity contribution in [3.63, 3.8) is 0 Å². The molecule has 7 heteroatoms. The number of nitrogens with zero attached hydrogens (tertiary/aromatic N) is 3. The number of carboxylic acids is 1. The molecule has 1 amide bonds. The Morgan fingerprint density at radius 1 is 1.50 bits per heavy atom. The van der Waals surface area contributed by atoms with Crippen LogP contribution in [0.4, 0.5) is 4.39 Å². The summed E-state index contributed by atoms with van der Waals surface area (Å²) >= 11 is 0. The summed E-state index contributed by atoms with van der Waals surface area (Å²) in [5.74, 6) is -1.82. The lowest BCUT2D eigenvalue weighted by atomic mass is 10.0. The third-order valence-corrected chi connectivity index (χ3v) is 3.49. The summed E-state index contributed by atoms with van der Waals surface area (Å²) in [7, 11) is 0. The molecule has 1 fully saturated rings. The third kappa shape index (κ3) is 2.76. The largest absolute Gasteiger partial charge is 0.479 e. The molecule has 1 aliphatic heterocycles. The molecule has 2 unspecified atom stereocenters. The maximum absolute atomic E-state index is 13.4. The number of alkyl halides is 1. The number of amides is 1. The molecule has 0 bridgehead atoms. The Morgan fingerprint density at radius 3 is 2.80 bits per heavy atom. The minimum absolute atomic E-state index is 0.111. The number of halogens is 1. The van der Waals surface area contributed by atoms with E-state index in [2.05, 4.69) is 9.97 Å². The first-order chi connectivity index (χ1) is 9.40. The topological polar surface area (TPSA) is 83.4 Å². The fourth-order valence-electron chi connectivity index (χ4n) is 2.38. The molecule has 1 aromatic rings. The Morgan fingerprint density at radius 2 is 2.20 bits per heavy atom. The normalized spacial score (nSPS) is 19.9. The van der Waals surface area contributed by atoms with Gasteiger partial charge in [-0.1, -0.05) is 0 Å². The summed E-state index contributed by atoms with van der Waals surface area (Å²) in [6, 6.07) is 0. The van der Waals surface area contributed by atoms with Crippen molar-refractivity contribution in [3.05, 3.63) is 23.3 Å². The Hall–Kier alpha value is -2.05. The Bertz CT molecular complexity index is 550. The molecule has 0 radical (unpaired) electrons. The van der Waals surface area contributed by atoms with Crippen LogP contribution in [0, 0.1) is 19.8 Å². The summed E-state index contributed by atoms with van der Waals surface area (Å²) in [5, 5.41) is 8.66. The highest BCUT2D eigenvalue weighted by Gasteiger charge is 2.36. The van der Waals surface area contributed by atoms with E-state index in [0.29, 0.717) is 30.0 Å². The number of carbonyl (C=O) groups excluding carboxylic acids is 1. The quantitative estimate of drug-likeness (QED) is 0.892. The van der Waals surface area contributed by atoms with E-state index in [1.165, 1.54) is 11.1 Å². The summed E-state index contributed by atoms with van der Waals surface area (Å²) in [6.07, 6.45) is -0.120. The van der Waals surface area contributed by atoms with Gasteiger partial charge in [0.2, 0.25) is 6.17 Å². The molecule has 1 aromatic heterocycles. The fourth-order valence-corrected chi connectivity index (χ4v) is 2.38. The fraction of sp³-hybridized carbons (Fsp3) is 0.538. The van der Waals surface area contributed by atoms with Gasteiger partial charge in [-0.15, -0.1) is 0 Å². The number of carbonyl (C=O) groups is 2. The molecule has 0 spiro atoms. The standard InChI is InChI=1S/C13H16FN3O3/c1-7-10(5-15-8(2)16-7)12(18)17-4-3-9(6-17)11(14)13(19)20/h5,9,11H,3-4,6H2,1-2H3,(H,19,20). The molecular weight excluding hydrogens is 265 g/mol. The van der Waals surface area contributed by atoms with Crippen LogP contribution < -0.4 is 0 Å². The Kier molecular flexibility index (Phi) is 3.96. The van der Waals surface area contributed by atoms with Gasteiger partial charge in [-0.05, 0) is 20.3 Å². The summed E-state index contributed by atoms with van der Waals surface area (Å²) in [6.45, 7) is 3.91. The third-order valence-electron chi connectivity index (χ3n) is 3.49. The molecule has 108 valence electrons. The van der Waals surface area contributed by atoms with Crippen LogP contribution in [0.25, 0.3) is 0 Å². The first-order valence-corrected chi connectivity index (χ1v) is 6.36. The highest BCUT2D eigenvalue weighted by atomic mass is 19.1. The van der Waals surface area contributed by atoms with Crippen LogP contribution in [0.1, 0.15) is 28.3 Å². The molecular formula is C13H16FN3O3. The number of likely N-dealkylation sites (tertiary alicyclic amines) is 1. The van der Waals surface area contributed by atoms with Gasteiger partial charge in [0, 0.05) is 25.2 Å². The lowest BCUT2D eigenvalue weighted by Crippen LogP contribution is -2.32. The SMILES string of the molecule is Cc1ncc(C(=O)N2CCC(C(F)C(=O)O)C2)c(C)n1. The van der Waals surface area contributed by atoms with Crippen molar-refractivity contribution in [3.8, 4) is 0 Å². The molecule has 20 heavy (non-hydrogen) atoms. The summed E-state index contributed by atoms with van der Waals surface area (Å²) in [4.78, 5) is 32.5. The number of hydrogen-bond acceptors (Lipinski definition) is 4. The second kappa shape index (κ2) is 5.52. The lowest BCUT2D eigenvalue weighted by Gasteiger charge is -2.17. The smallest absolute Gasteiger partial charge is 0.338 e. The van der Waals surface area contributed by atoms with E-state index in [1.807, 2.05) is 0 Å². The summed E-state index contributed by atoms with van der Waals surface area (Å²) in [5.41, 5.74) is 0.947. The molecule has 0 aromatic carbocycles. The zero-order valence-corrected chi connectivity index (χ0v) is 11.3. The van der Waals surface area contributed by atoms with E-state index in [1.54, 1.807) is 13.8 Å². The summed E-state index contributed by atoms with van der Waals surface area (Å²) < 4.78 is 13.4. The zero-order chi connectivity index (χ0) is 14.9. The van der Waals surface area contributed by atoms with Gasteiger partial charge in [0.05, 0.1) is 11.3 Å². The minimum Gasteiger partial charge on any atom is -0.479 e. The van der Waals surface area contributed by atoms with Crippen molar-refractivity contribution in [1.82, 2.24) is 14.9 Å². The average molecular weight is 281 g/mol. The molecule has 1 aliphatic rings. The second-order valence-electron chi connectivity index (χ2n) is 4.96. The second-order valence-corrected chi connectivity index (χ2v) is 4.96. The predicted molar refractivity (Wildman–Crippen MR) is 68.0 cm³/mol. The molecule has 2 heterocycles. The predicted octanol–water partition coefficient (Wildman–Crippen LogP) is 0.978. The molecule has 6 nitrogen and oxygen atoms in total. The maximum atomic E-state index is 13.4. The van der Waals surface area contributed by atoms with E-state index in [4.69, 9.17) is 5.11 Å². The van der Waals surface area contributed by atoms with Crippen LogP contribution in [0.2, 0.25) is 0 Å². The van der Waals surface area contributed by atoms with Crippen molar-refractivity contribution in [2.24, 2.45) is 5.92 Å². The van der Waals surface area contributed by atoms with Crippen molar-refractivity contribution in [2.75, 3.05) is 13.1 Å². The van der Waals surface area contributed by atoms with E-state index in [-0.39, 0.29) is 12.5 Å². The van der Waals surface area contributed by atoms with Crippen LogP contribution in [-0.4, -0.2) is 51.1 Å². The van der Waals surface area contributed by atoms with E-state index >= 15 is 0 Å². The van der Waals surface area contributed by atoms with Crippen LogP contribution in [-0.2, 0) is 4.79 Å². The Balaban J connectivity index is 2.10. The van der Waals surface area contributed by atoms with Crippen molar-refractivity contribution in [1.29, 1.82) is 0 Å². The van der Waals surface area contributed by atoms with E-state index < -0.39 is 18.1 Å². The Labute approximate surface area is 115 Å². The molecule has 2 atom stereocenters. The molecule has 1 N–H and O–H groups in total. The number of rotatable bonds is 3. The number of aromatic nitrogens is 2. The van der Waals surface area contributed by atoms with E-state index in [9.17, 15) is 14.0 Å². The van der Waals surface area contributed by atoms with Gasteiger partial charge in [0.1, 0.15) is 5.82 Å². The molecule has 0 aliphatic carbocycles. The number of carboxylic acid groups (broad SMARTS) is 1. The van der Waals surface area contributed by atoms with Crippen LogP contribution in [0.3, 0.4) is 0 Å². The first-order valence-electron chi connectivity index (χ1n) is 6.36. The van der Waals surface area contributed by atoms with Crippen LogP contribution in [0.15, 0.2) is 6.20 Å². The van der Waals surface area contributed by atoms with Gasteiger partial charge in [-0.2, -0.15) is 0 Å². The highest BCUT2D eigenvalue weighted by Crippen LogP contribution is 2.24. The van der Waals surface area contributed by atoms with Gasteiger partial charge in [0.15, 0.2) is 0 Å². The van der Waals surface area contributed by atoms with Crippen LogP contribution >= 0.6 is 0 Å². The van der Waals surface area contributed by atoms with Crippen molar-refractivity contribution in [2.45, 2.75) is 26.4 Å². The monoisotopic (exact) mass is 281 g/mol. The van der Waals surface area contributed by atoms with E-state index in [0.717, 1.165) is 0 Å². The highest BCUT2D eigenvalue weighted by molar-refractivity contribution is 5.95. The zero-order valence-electron chi connectivity index (χ0n) is 11.3. The molecule has 2 rings (SSSR count). The minimum atomic E-state index is -1.93. The van der Waals surface area contributed by atoms with Gasteiger partial charge in [0.25, 0.3) is 5.91 Å². The number of hydrogen-bond donors (Lipinski definition) is 1. The lowest BCUT2D eigenvalue weighted by molar-refractivity contribution is -0.144. The van der Waals surface area contributed by atoms with Gasteiger partial charge < -0.3 is 10.0 Å². The number of aliphatic carboxylic acids is 1. The molecule has 0 saturated carbocycles. The molecule has 1 saturated heterocycles. The van der Waals surface area contributed by atoms with Crippen molar-refractivity contribution < 1.29 is 19.1 Å². The van der Waals surface area contributed by atoms with Gasteiger partial charge in [-0.25, -0.2) is 19.2 Å². The van der Waals surface area contributed by atoms with Crippen molar-refractivity contribution >= 4 is 11.9 Å². The van der Waals surface area contributed by atoms with Gasteiger partial charge >= 0.3 is 5.97 Å². The van der Waals surface area contributed by atoms with Crippen LogP contribution in [0.5, 0.6) is 0 Å². The first kappa shape index (κ1) is 14.4.